The molecule has 0 radical (unpaired) electrons. The van der Waals surface area contributed by atoms with Crippen LogP contribution in [0.15, 0.2) is 78.9 Å². The molecule has 1 fully saturated rings. The van der Waals surface area contributed by atoms with Gasteiger partial charge in [0.2, 0.25) is 11.9 Å². The fourth-order valence-electron chi connectivity index (χ4n) is 4.50. The van der Waals surface area contributed by atoms with E-state index in [1.807, 2.05) is 60.7 Å². The average molecular weight is 557 g/mol. The first-order valence-corrected chi connectivity index (χ1v) is 12.7. The predicted molar refractivity (Wildman–Crippen MR) is 142 cm³/mol. The number of nitrogens with zero attached hydrogens (tertiary/aromatic N) is 3. The molecule has 4 aromatic rings. The molecule has 0 saturated carbocycles. The molecule has 1 aromatic heterocycles. The van der Waals surface area contributed by atoms with Gasteiger partial charge in [0.25, 0.3) is 0 Å². The van der Waals surface area contributed by atoms with Gasteiger partial charge in [-0.1, -0.05) is 54.6 Å². The highest BCUT2D eigenvalue weighted by atomic mass is 19.4. The number of carboxylic acids is 1. The molecule has 3 aromatic carbocycles. The van der Waals surface area contributed by atoms with Crippen LogP contribution in [-0.4, -0.2) is 45.8 Å². The van der Waals surface area contributed by atoms with Crippen LogP contribution in [0.5, 0.6) is 0 Å². The summed E-state index contributed by atoms with van der Waals surface area (Å²) >= 11 is 0. The van der Waals surface area contributed by atoms with E-state index in [9.17, 15) is 22.4 Å². The number of para-hydroxylation sites is 2. The number of aliphatic carboxylic acids is 1. The summed E-state index contributed by atoms with van der Waals surface area (Å²) in [5.74, 6) is -1.95. The van der Waals surface area contributed by atoms with E-state index in [1.54, 1.807) is 0 Å². The van der Waals surface area contributed by atoms with Gasteiger partial charge in [-0.05, 0) is 48.2 Å². The Morgan fingerprint density at radius 3 is 2.12 bits per heavy atom. The molecule has 0 spiro atoms. The van der Waals surface area contributed by atoms with Crippen LogP contribution in [0.4, 0.5) is 23.5 Å². The molecule has 7 nitrogen and oxygen atoms in total. The summed E-state index contributed by atoms with van der Waals surface area (Å²) in [4.78, 5) is 28.8. The second-order valence-corrected chi connectivity index (χ2v) is 9.38. The number of rotatable bonds is 6. The summed E-state index contributed by atoms with van der Waals surface area (Å²) in [7, 11) is 0. The van der Waals surface area contributed by atoms with Gasteiger partial charge in [-0.15, -0.1) is 0 Å². The van der Waals surface area contributed by atoms with E-state index in [0.29, 0.717) is 13.1 Å². The zero-order valence-electron chi connectivity index (χ0n) is 21.4. The van der Waals surface area contributed by atoms with Crippen LogP contribution in [0, 0.1) is 11.7 Å². The summed E-state index contributed by atoms with van der Waals surface area (Å²) in [6.45, 7) is 2.73. The lowest BCUT2D eigenvalue weighted by molar-refractivity contribution is -0.192. The Bertz CT molecular complexity index is 1430. The molecule has 11 heteroatoms. The monoisotopic (exact) mass is 556 g/mol. The number of carboxylic acid groups (broad SMARTS) is 1. The number of alkyl halides is 3. The maximum Gasteiger partial charge on any atom is 0.490 e. The Balaban J connectivity index is 0.000000470. The van der Waals surface area contributed by atoms with E-state index < -0.39 is 12.1 Å². The summed E-state index contributed by atoms with van der Waals surface area (Å²) < 4.78 is 47.3. The van der Waals surface area contributed by atoms with Crippen LogP contribution < -0.4 is 10.2 Å². The molecule has 0 aliphatic carbocycles. The number of amides is 1. The Morgan fingerprint density at radius 1 is 0.900 bits per heavy atom. The predicted octanol–water partition coefficient (Wildman–Crippen LogP) is 5.39. The number of carbonyl (C=O) groups is 2. The van der Waals surface area contributed by atoms with Crippen molar-refractivity contribution in [2.45, 2.75) is 32.1 Å². The second kappa shape index (κ2) is 12.6. The number of anilines is 1. The van der Waals surface area contributed by atoms with Gasteiger partial charge in [0.15, 0.2) is 0 Å². The SMILES string of the molecule is O=C(NCc1ccccc1)C1CCN(c2nc3ccccc3n2Cc2ccc(F)cc2)CC1.O=C(O)C(F)(F)F. The number of piperidine rings is 1. The molecule has 2 heterocycles. The van der Waals surface area contributed by atoms with Crippen molar-refractivity contribution in [3.63, 3.8) is 0 Å². The highest BCUT2D eigenvalue weighted by Gasteiger charge is 2.38. The van der Waals surface area contributed by atoms with Crippen LogP contribution in [0.2, 0.25) is 0 Å². The summed E-state index contributed by atoms with van der Waals surface area (Å²) in [5.41, 5.74) is 4.13. The first-order chi connectivity index (χ1) is 19.1. The van der Waals surface area contributed by atoms with E-state index in [1.165, 1.54) is 12.1 Å². The largest absolute Gasteiger partial charge is 0.490 e. The smallest absolute Gasteiger partial charge is 0.475 e. The Hall–Kier alpha value is -4.41. The van der Waals surface area contributed by atoms with Gasteiger partial charge < -0.3 is 19.9 Å². The van der Waals surface area contributed by atoms with Crippen LogP contribution in [0.3, 0.4) is 0 Å². The Morgan fingerprint density at radius 2 is 1.50 bits per heavy atom. The van der Waals surface area contributed by atoms with Crippen LogP contribution in [0.1, 0.15) is 24.0 Å². The Labute approximate surface area is 228 Å². The van der Waals surface area contributed by atoms with Gasteiger partial charge in [0.05, 0.1) is 17.6 Å². The normalized spacial score (nSPS) is 13.9. The molecular formula is C29H28F4N4O3. The first-order valence-electron chi connectivity index (χ1n) is 12.7. The third-order valence-electron chi connectivity index (χ3n) is 6.59. The van der Waals surface area contributed by atoms with Crippen molar-refractivity contribution in [2.75, 3.05) is 18.0 Å². The number of nitrogens with one attached hydrogen (secondary N) is 1. The number of halogens is 4. The fourth-order valence-corrected chi connectivity index (χ4v) is 4.50. The van der Waals surface area contributed by atoms with Crippen molar-refractivity contribution in [2.24, 2.45) is 5.92 Å². The van der Waals surface area contributed by atoms with E-state index >= 15 is 0 Å². The minimum atomic E-state index is -5.08. The molecular weight excluding hydrogens is 528 g/mol. The summed E-state index contributed by atoms with van der Waals surface area (Å²) in [6.07, 6.45) is -3.50. The van der Waals surface area contributed by atoms with Crippen molar-refractivity contribution >= 4 is 28.9 Å². The minimum Gasteiger partial charge on any atom is -0.475 e. The molecule has 210 valence electrons. The van der Waals surface area contributed by atoms with E-state index in [2.05, 4.69) is 20.9 Å². The molecule has 0 bridgehead atoms. The zero-order chi connectivity index (χ0) is 28.7. The number of aromatic nitrogens is 2. The standard InChI is InChI=1S/C27H27FN4O.C2HF3O2/c28-23-12-10-21(11-13-23)19-32-25-9-5-4-8-24(25)30-27(32)31-16-14-22(15-17-31)26(33)29-18-20-6-2-1-3-7-20;3-2(4,5)1(6)7/h1-13,22H,14-19H2,(H,29,33);(H,6,7). The highest BCUT2D eigenvalue weighted by molar-refractivity contribution is 5.80. The zero-order valence-corrected chi connectivity index (χ0v) is 21.4. The van der Waals surface area contributed by atoms with Crippen LogP contribution >= 0.6 is 0 Å². The highest BCUT2D eigenvalue weighted by Crippen LogP contribution is 2.28. The number of imidazole rings is 1. The lowest BCUT2D eigenvalue weighted by Crippen LogP contribution is -2.41. The molecule has 2 N–H and O–H groups in total. The van der Waals surface area contributed by atoms with Crippen molar-refractivity contribution in [3.8, 4) is 0 Å². The molecule has 1 aliphatic rings. The van der Waals surface area contributed by atoms with Gasteiger partial charge in [-0.2, -0.15) is 13.2 Å². The number of hydrogen-bond donors (Lipinski definition) is 2. The summed E-state index contributed by atoms with van der Waals surface area (Å²) in [5, 5.41) is 10.2. The number of hydrogen-bond acceptors (Lipinski definition) is 4. The van der Waals surface area contributed by atoms with Crippen molar-refractivity contribution < 1.29 is 32.3 Å². The van der Waals surface area contributed by atoms with E-state index in [0.717, 1.165) is 54.0 Å². The fraction of sp³-hybridized carbons (Fsp3) is 0.276. The number of carbonyl (C=O) groups excluding carboxylic acids is 1. The van der Waals surface area contributed by atoms with Crippen molar-refractivity contribution in [1.29, 1.82) is 0 Å². The van der Waals surface area contributed by atoms with Crippen molar-refractivity contribution in [3.05, 3.63) is 95.8 Å². The molecule has 1 saturated heterocycles. The second-order valence-electron chi connectivity index (χ2n) is 9.38. The van der Waals surface area contributed by atoms with Gasteiger partial charge in [-0.3, -0.25) is 4.79 Å². The lowest BCUT2D eigenvalue weighted by Gasteiger charge is -2.32. The summed E-state index contributed by atoms with van der Waals surface area (Å²) in [6, 6.07) is 24.7. The third kappa shape index (κ3) is 7.37. The van der Waals surface area contributed by atoms with Crippen molar-refractivity contribution in [1.82, 2.24) is 14.9 Å². The van der Waals surface area contributed by atoms with Crippen LogP contribution in [-0.2, 0) is 22.7 Å². The lowest BCUT2D eigenvalue weighted by atomic mass is 9.96. The molecule has 0 unspecified atom stereocenters. The maximum absolute atomic E-state index is 13.4. The van der Waals surface area contributed by atoms with Gasteiger partial charge in [0.1, 0.15) is 5.82 Å². The molecule has 0 atom stereocenters. The number of fused-ring (bicyclic) bond motifs is 1. The average Bonchev–Trinajstić information content (AvgIpc) is 3.31. The van der Waals surface area contributed by atoms with Crippen LogP contribution in [0.25, 0.3) is 11.0 Å². The molecule has 5 rings (SSSR count). The van der Waals surface area contributed by atoms with Gasteiger partial charge >= 0.3 is 12.1 Å². The van der Waals surface area contributed by atoms with E-state index in [4.69, 9.17) is 14.9 Å². The maximum atomic E-state index is 13.4. The number of benzene rings is 3. The quantitative estimate of drug-likeness (QED) is 0.311. The van der Waals surface area contributed by atoms with Gasteiger partial charge in [0, 0.05) is 25.6 Å². The molecule has 40 heavy (non-hydrogen) atoms. The third-order valence-corrected chi connectivity index (χ3v) is 6.59. The Kier molecular flexibility index (Phi) is 9.03. The molecule has 1 amide bonds. The van der Waals surface area contributed by atoms with Gasteiger partial charge in [-0.25, -0.2) is 14.2 Å². The topological polar surface area (TPSA) is 87.5 Å². The van der Waals surface area contributed by atoms with E-state index in [-0.39, 0.29) is 17.6 Å². The molecule has 1 aliphatic heterocycles. The minimum absolute atomic E-state index is 0.0138. The first kappa shape index (κ1) is 28.6.